The molecule has 0 saturated heterocycles. The lowest BCUT2D eigenvalue weighted by atomic mass is 10.0. The fourth-order valence-electron chi connectivity index (χ4n) is 1.78. The maximum Gasteiger partial charge on any atom is 0.253 e. The van der Waals surface area contributed by atoms with Crippen molar-refractivity contribution in [2.75, 3.05) is 0 Å². The third-order valence-electron chi connectivity index (χ3n) is 2.57. The quantitative estimate of drug-likeness (QED) is 0.562. The summed E-state index contributed by atoms with van der Waals surface area (Å²) >= 11 is 15.0. The van der Waals surface area contributed by atoms with Crippen molar-refractivity contribution in [2.24, 2.45) is 0 Å². The molecule has 2 aromatic rings. The van der Waals surface area contributed by atoms with Gasteiger partial charge in [-0.1, -0.05) is 11.6 Å². The van der Waals surface area contributed by atoms with E-state index in [2.05, 4.69) is 20.9 Å². The monoisotopic (exact) mass is 331 g/mol. The Balaban J connectivity index is 3.03. The molecule has 0 atom stereocenters. The van der Waals surface area contributed by atoms with Crippen molar-refractivity contribution in [1.29, 1.82) is 0 Å². The Morgan fingerprint density at radius 3 is 2.59 bits per heavy atom. The molecular formula is C12H8BrCl2NO. The number of pyridine rings is 1. The fraction of sp³-hybridized carbons (Fsp3) is 0.167. The van der Waals surface area contributed by atoms with Crippen molar-refractivity contribution >= 4 is 55.3 Å². The molecule has 88 valence electrons. The van der Waals surface area contributed by atoms with Crippen LogP contribution < -0.4 is 0 Å². The molecule has 1 aromatic carbocycles. The molecule has 0 radical (unpaired) electrons. The van der Waals surface area contributed by atoms with E-state index < -0.39 is 5.24 Å². The Morgan fingerprint density at radius 2 is 2.00 bits per heavy atom. The summed E-state index contributed by atoms with van der Waals surface area (Å²) in [5.41, 5.74) is 2.70. The fourth-order valence-corrected chi connectivity index (χ4v) is 2.87. The average Bonchev–Trinajstić information content (AvgIpc) is 2.20. The largest absolute Gasteiger partial charge is 0.276 e. The molecule has 0 aliphatic heterocycles. The van der Waals surface area contributed by atoms with Gasteiger partial charge in [-0.25, -0.2) is 4.98 Å². The molecule has 17 heavy (non-hydrogen) atoms. The Bertz CT molecular complexity index is 640. The second-order valence-corrected chi connectivity index (χ2v) is 5.37. The molecule has 0 N–H and O–H groups in total. The van der Waals surface area contributed by atoms with Gasteiger partial charge in [0.15, 0.2) is 0 Å². The zero-order chi connectivity index (χ0) is 12.7. The summed E-state index contributed by atoms with van der Waals surface area (Å²) in [4.78, 5) is 15.8. The van der Waals surface area contributed by atoms with E-state index in [1.165, 1.54) is 0 Å². The van der Waals surface area contributed by atoms with Crippen LogP contribution in [0, 0.1) is 13.8 Å². The van der Waals surface area contributed by atoms with Gasteiger partial charge in [0.25, 0.3) is 5.24 Å². The van der Waals surface area contributed by atoms with Crippen molar-refractivity contribution in [3.8, 4) is 0 Å². The summed E-state index contributed by atoms with van der Waals surface area (Å²) in [7, 11) is 0. The first-order valence-electron chi connectivity index (χ1n) is 4.87. The molecule has 0 aliphatic rings. The van der Waals surface area contributed by atoms with Crippen molar-refractivity contribution in [2.45, 2.75) is 13.8 Å². The summed E-state index contributed by atoms with van der Waals surface area (Å²) in [6, 6.07) is 3.80. The van der Waals surface area contributed by atoms with Gasteiger partial charge < -0.3 is 0 Å². The van der Waals surface area contributed by atoms with E-state index in [1.54, 1.807) is 6.92 Å². The molecule has 0 unspecified atom stereocenters. The standard InChI is InChI=1S/C12H8BrCl2NO/c1-5-3-7-9(12(15)17)6(2)11(14)16-10(7)8(13)4-5/h3-4H,1-2H3. The maximum atomic E-state index is 11.5. The molecule has 0 spiro atoms. The van der Waals surface area contributed by atoms with E-state index in [9.17, 15) is 4.79 Å². The topological polar surface area (TPSA) is 30.0 Å². The molecular weight excluding hydrogens is 325 g/mol. The lowest BCUT2D eigenvalue weighted by Gasteiger charge is -2.10. The summed E-state index contributed by atoms with van der Waals surface area (Å²) in [5.74, 6) is 0. The summed E-state index contributed by atoms with van der Waals surface area (Å²) in [6.07, 6.45) is 0. The molecule has 0 amide bonds. The molecule has 1 heterocycles. The molecule has 5 heteroatoms. The molecule has 2 rings (SSSR count). The summed E-state index contributed by atoms with van der Waals surface area (Å²) in [5, 5.41) is 0.499. The van der Waals surface area contributed by atoms with Crippen LogP contribution in [0.3, 0.4) is 0 Å². The van der Waals surface area contributed by atoms with Crippen molar-refractivity contribution in [3.05, 3.63) is 38.4 Å². The van der Waals surface area contributed by atoms with Crippen molar-refractivity contribution < 1.29 is 4.79 Å². The molecule has 1 aromatic heterocycles. The van der Waals surface area contributed by atoms with Gasteiger partial charge in [-0.15, -0.1) is 0 Å². The first kappa shape index (κ1) is 12.8. The van der Waals surface area contributed by atoms with E-state index in [0.717, 1.165) is 15.4 Å². The number of aryl methyl sites for hydroxylation is 1. The van der Waals surface area contributed by atoms with Gasteiger partial charge in [0.1, 0.15) is 5.15 Å². The van der Waals surface area contributed by atoms with Crippen LogP contribution >= 0.6 is 39.1 Å². The van der Waals surface area contributed by atoms with Crippen molar-refractivity contribution in [3.63, 3.8) is 0 Å². The predicted octanol–water partition coefficient (Wildman–Crippen LogP) is 4.65. The van der Waals surface area contributed by atoms with Crippen LogP contribution in [0.25, 0.3) is 10.9 Å². The van der Waals surface area contributed by atoms with Crippen molar-refractivity contribution in [1.82, 2.24) is 4.98 Å². The van der Waals surface area contributed by atoms with E-state index in [4.69, 9.17) is 23.2 Å². The lowest BCUT2D eigenvalue weighted by Crippen LogP contribution is -1.99. The first-order chi connectivity index (χ1) is 7.91. The zero-order valence-electron chi connectivity index (χ0n) is 9.14. The van der Waals surface area contributed by atoms with E-state index in [0.29, 0.717) is 21.8 Å². The number of hydrogen-bond acceptors (Lipinski definition) is 2. The van der Waals surface area contributed by atoms with Gasteiger partial charge in [0.2, 0.25) is 0 Å². The number of halogens is 3. The van der Waals surface area contributed by atoms with Gasteiger partial charge in [0, 0.05) is 15.4 Å². The molecule has 0 fully saturated rings. The van der Waals surface area contributed by atoms with Gasteiger partial charge in [-0.05, 0) is 64.6 Å². The number of carbonyl (C=O) groups excluding carboxylic acids is 1. The minimum Gasteiger partial charge on any atom is -0.276 e. The number of nitrogens with zero attached hydrogens (tertiary/aromatic N) is 1. The molecule has 0 aliphatic carbocycles. The number of fused-ring (bicyclic) bond motifs is 1. The van der Waals surface area contributed by atoms with Crippen LogP contribution in [-0.4, -0.2) is 10.2 Å². The highest BCUT2D eigenvalue weighted by molar-refractivity contribution is 9.10. The van der Waals surface area contributed by atoms with Crippen LogP contribution in [0.1, 0.15) is 21.5 Å². The highest BCUT2D eigenvalue weighted by Crippen LogP contribution is 2.32. The SMILES string of the molecule is Cc1cc(Br)c2nc(Cl)c(C)c(C(=O)Cl)c2c1. The Hall–Kier alpha value is -0.640. The molecule has 0 saturated carbocycles. The highest BCUT2D eigenvalue weighted by Gasteiger charge is 2.17. The molecule has 2 nitrogen and oxygen atoms in total. The molecule has 0 bridgehead atoms. The first-order valence-corrected chi connectivity index (χ1v) is 6.42. The number of benzene rings is 1. The average molecular weight is 333 g/mol. The predicted molar refractivity (Wildman–Crippen MR) is 74.1 cm³/mol. The Labute approximate surface area is 117 Å². The second-order valence-electron chi connectivity index (χ2n) is 3.82. The number of hydrogen-bond donors (Lipinski definition) is 0. The number of rotatable bonds is 1. The maximum absolute atomic E-state index is 11.5. The number of carbonyl (C=O) groups is 1. The van der Waals surface area contributed by atoms with Crippen LogP contribution in [0.2, 0.25) is 5.15 Å². The summed E-state index contributed by atoms with van der Waals surface area (Å²) in [6.45, 7) is 3.68. The van der Waals surface area contributed by atoms with Crippen LogP contribution in [0.15, 0.2) is 16.6 Å². The third kappa shape index (κ3) is 2.19. The third-order valence-corrected chi connectivity index (χ3v) is 3.73. The minimum absolute atomic E-state index is 0.297. The lowest BCUT2D eigenvalue weighted by molar-refractivity contribution is 0.108. The van der Waals surface area contributed by atoms with Crippen LogP contribution in [0.5, 0.6) is 0 Å². The second kappa shape index (κ2) is 4.56. The Morgan fingerprint density at radius 1 is 1.35 bits per heavy atom. The highest BCUT2D eigenvalue weighted by atomic mass is 79.9. The number of aromatic nitrogens is 1. The van der Waals surface area contributed by atoms with Crippen LogP contribution in [0.4, 0.5) is 0 Å². The van der Waals surface area contributed by atoms with Gasteiger partial charge in [-0.3, -0.25) is 4.79 Å². The normalized spacial score (nSPS) is 10.9. The smallest absolute Gasteiger partial charge is 0.253 e. The van der Waals surface area contributed by atoms with Crippen LogP contribution in [-0.2, 0) is 0 Å². The van der Waals surface area contributed by atoms with E-state index in [1.807, 2.05) is 19.1 Å². The van der Waals surface area contributed by atoms with Gasteiger partial charge >= 0.3 is 0 Å². The van der Waals surface area contributed by atoms with Gasteiger partial charge in [0.05, 0.1) is 5.52 Å². The summed E-state index contributed by atoms with van der Waals surface area (Å²) < 4.78 is 0.800. The van der Waals surface area contributed by atoms with E-state index >= 15 is 0 Å². The van der Waals surface area contributed by atoms with Gasteiger partial charge in [-0.2, -0.15) is 0 Å². The van der Waals surface area contributed by atoms with E-state index in [-0.39, 0.29) is 0 Å². The Kier molecular flexibility index (Phi) is 3.43. The zero-order valence-corrected chi connectivity index (χ0v) is 12.2. The minimum atomic E-state index is -0.519.